The van der Waals surface area contributed by atoms with Gasteiger partial charge in [-0.05, 0) is 37.1 Å². The number of aryl methyl sites for hydroxylation is 2. The Bertz CT molecular complexity index is 1570. The number of pyridine rings is 1. The highest BCUT2D eigenvalue weighted by atomic mass is 35.5. The van der Waals surface area contributed by atoms with Crippen LogP contribution in [-0.2, 0) is 14.4 Å². The molecule has 4 rings (SSSR count). The zero-order chi connectivity index (χ0) is 23.5. The van der Waals surface area contributed by atoms with Crippen LogP contribution in [0.1, 0.15) is 16.7 Å². The van der Waals surface area contributed by atoms with E-state index in [9.17, 15) is 14.4 Å². The summed E-state index contributed by atoms with van der Waals surface area (Å²) in [6, 6.07) is 18.3. The van der Waals surface area contributed by atoms with Gasteiger partial charge in [-0.3, -0.25) is 0 Å². The maximum absolute atomic E-state index is 11.9. The molecule has 0 N–H and O–H groups in total. The van der Waals surface area contributed by atoms with E-state index in [1.165, 1.54) is 0 Å². The lowest BCUT2D eigenvalue weighted by Gasteiger charge is -2.22. The van der Waals surface area contributed by atoms with Crippen LogP contribution in [0.2, 0.25) is 0 Å². The molecular formula is C27H17ClN2O3. The Labute approximate surface area is 194 Å². The first kappa shape index (κ1) is 22.1. The minimum Gasteiger partial charge on any atom is -0.247 e. The highest BCUT2D eigenvalue weighted by Gasteiger charge is 2.33. The van der Waals surface area contributed by atoms with E-state index in [1.54, 1.807) is 36.1 Å². The molecule has 3 aromatic rings. The van der Waals surface area contributed by atoms with Crippen molar-refractivity contribution < 1.29 is 14.4 Å². The van der Waals surface area contributed by atoms with Gasteiger partial charge in [-0.25, -0.2) is 24.4 Å². The highest BCUT2D eigenvalue weighted by molar-refractivity contribution is 6.34. The van der Waals surface area contributed by atoms with Gasteiger partial charge < -0.3 is 0 Å². The van der Waals surface area contributed by atoms with Crippen LogP contribution in [0.5, 0.6) is 0 Å². The summed E-state index contributed by atoms with van der Waals surface area (Å²) in [6.07, 6.45) is 0. The lowest BCUT2D eigenvalue weighted by Crippen LogP contribution is -2.36. The molecule has 0 saturated heterocycles. The first-order valence-corrected chi connectivity index (χ1v) is 10.6. The van der Waals surface area contributed by atoms with Gasteiger partial charge in [0, 0.05) is 11.1 Å². The summed E-state index contributed by atoms with van der Waals surface area (Å²) in [7, 11) is 0. The first-order chi connectivity index (χ1) is 16.0. The van der Waals surface area contributed by atoms with Crippen molar-refractivity contribution in [1.29, 1.82) is 0 Å². The Morgan fingerprint density at radius 3 is 2.00 bits per heavy atom. The molecule has 0 amide bonds. The number of aromatic nitrogens is 1. The first-order valence-electron chi connectivity index (χ1n) is 10.1. The van der Waals surface area contributed by atoms with Gasteiger partial charge >= 0.3 is 0 Å². The molecule has 33 heavy (non-hydrogen) atoms. The van der Waals surface area contributed by atoms with Gasteiger partial charge in [0.1, 0.15) is 34.1 Å². The van der Waals surface area contributed by atoms with Crippen LogP contribution in [0, 0.1) is 13.8 Å². The molecule has 160 valence electrons. The molecule has 1 aliphatic heterocycles. The summed E-state index contributed by atoms with van der Waals surface area (Å²) in [5, 5.41) is -0.808. The Hall–Kier alpha value is -4.10. The molecule has 0 saturated carbocycles. The number of carbonyl (C=O) groups excluding carboxylic acids is 3. The molecular weight excluding hydrogens is 436 g/mol. The maximum Gasteiger partial charge on any atom is 0.135 e. The van der Waals surface area contributed by atoms with Crippen molar-refractivity contribution in [3.8, 4) is 11.3 Å². The van der Waals surface area contributed by atoms with Gasteiger partial charge in [-0.2, -0.15) is 0 Å². The average Bonchev–Trinajstić information content (AvgIpc) is 2.84. The van der Waals surface area contributed by atoms with Crippen molar-refractivity contribution in [2.45, 2.75) is 19.2 Å². The number of allylic oxidation sites excluding steroid dienone is 1. The lowest BCUT2D eigenvalue weighted by molar-refractivity contribution is 0.564. The van der Waals surface area contributed by atoms with Crippen LogP contribution in [0.3, 0.4) is 0 Å². The normalized spacial score (nSPS) is 17.1. The Morgan fingerprint density at radius 1 is 0.788 bits per heavy atom. The smallest absolute Gasteiger partial charge is 0.135 e. The molecule has 0 aliphatic carbocycles. The van der Waals surface area contributed by atoms with E-state index in [0.717, 1.165) is 16.7 Å². The van der Waals surface area contributed by atoms with E-state index in [4.69, 9.17) is 11.6 Å². The van der Waals surface area contributed by atoms with Gasteiger partial charge in [-0.15, -0.1) is 11.6 Å². The van der Waals surface area contributed by atoms with Gasteiger partial charge in [0.15, 0.2) is 0 Å². The molecule has 2 heterocycles. The molecule has 1 unspecified atom stereocenters. The fourth-order valence-electron chi connectivity index (χ4n) is 3.78. The van der Waals surface area contributed by atoms with E-state index in [1.807, 2.05) is 56.2 Å². The molecule has 0 spiro atoms. The van der Waals surface area contributed by atoms with Crippen LogP contribution in [-0.4, -0.2) is 33.9 Å². The molecule has 6 heteroatoms. The lowest BCUT2D eigenvalue weighted by atomic mass is 9.89. The van der Waals surface area contributed by atoms with Crippen LogP contribution in [0.4, 0.5) is 0 Å². The SMILES string of the molecule is Cc1ccccc1C1=NC(=c2nc(-c3ccccc3C)ccc2=C=O)C(Cl)C(=C=O)C1=C=O. The Morgan fingerprint density at radius 2 is 1.42 bits per heavy atom. The quantitative estimate of drug-likeness (QED) is 0.442. The van der Waals surface area contributed by atoms with E-state index >= 15 is 0 Å². The van der Waals surface area contributed by atoms with E-state index < -0.39 is 5.38 Å². The fourth-order valence-corrected chi connectivity index (χ4v) is 4.09. The van der Waals surface area contributed by atoms with Crippen molar-refractivity contribution in [3.05, 3.63) is 99.1 Å². The summed E-state index contributed by atoms with van der Waals surface area (Å²) < 4.78 is 0. The zero-order valence-electron chi connectivity index (χ0n) is 17.8. The van der Waals surface area contributed by atoms with Crippen LogP contribution < -0.4 is 10.6 Å². The van der Waals surface area contributed by atoms with Crippen LogP contribution >= 0.6 is 11.6 Å². The number of rotatable bonds is 2. The number of hydrogen-bond donors (Lipinski definition) is 0. The van der Waals surface area contributed by atoms with Crippen molar-refractivity contribution in [1.82, 2.24) is 4.98 Å². The van der Waals surface area contributed by atoms with Crippen LogP contribution in [0.15, 0.2) is 76.8 Å². The molecule has 0 radical (unpaired) electrons. The van der Waals surface area contributed by atoms with E-state index in [2.05, 4.69) is 9.98 Å². The van der Waals surface area contributed by atoms with Gasteiger partial charge in [0.2, 0.25) is 0 Å². The third-order valence-corrected chi connectivity index (χ3v) is 5.94. The predicted octanol–water partition coefficient (Wildman–Crippen LogP) is 2.60. The summed E-state index contributed by atoms with van der Waals surface area (Å²) in [5.74, 6) is 5.45. The Kier molecular flexibility index (Phi) is 6.15. The third kappa shape index (κ3) is 3.94. The largest absolute Gasteiger partial charge is 0.247 e. The standard InChI is InChI=1S/C27H17ClN2O3/c1-16-7-3-5-9-19(16)23-12-11-18(13-31)25(29-23)27-24(28)21(14-32)22(15-33)26(30-27)20-10-6-4-8-17(20)2/h3-12,24H,1-2H3. The monoisotopic (exact) mass is 452 g/mol. The van der Waals surface area contributed by atoms with E-state index in [-0.39, 0.29) is 33.1 Å². The molecule has 5 nitrogen and oxygen atoms in total. The predicted molar refractivity (Wildman–Crippen MR) is 128 cm³/mol. The molecule has 1 atom stereocenters. The van der Waals surface area contributed by atoms with Gasteiger partial charge in [0.25, 0.3) is 0 Å². The number of nitrogens with zero attached hydrogens (tertiary/aromatic N) is 2. The number of hydrogen-bond acceptors (Lipinski definition) is 5. The molecule has 0 fully saturated rings. The number of halogens is 1. The second-order valence-electron chi connectivity index (χ2n) is 7.53. The number of aliphatic imine (C=N–C) groups is 1. The van der Waals surface area contributed by atoms with Crippen molar-refractivity contribution >= 4 is 40.8 Å². The van der Waals surface area contributed by atoms with Crippen LogP contribution in [0.25, 0.3) is 17.0 Å². The third-order valence-electron chi connectivity index (χ3n) is 5.51. The fraction of sp³-hybridized carbons (Fsp3) is 0.111. The summed E-state index contributed by atoms with van der Waals surface area (Å²) >= 11 is 6.59. The minimum atomic E-state index is -1.14. The molecule has 1 aliphatic rings. The van der Waals surface area contributed by atoms with E-state index in [0.29, 0.717) is 11.3 Å². The van der Waals surface area contributed by atoms with Crippen molar-refractivity contribution in [2.24, 2.45) is 4.99 Å². The van der Waals surface area contributed by atoms with Crippen molar-refractivity contribution in [3.63, 3.8) is 0 Å². The second kappa shape index (κ2) is 9.18. The second-order valence-corrected chi connectivity index (χ2v) is 7.96. The highest BCUT2D eigenvalue weighted by Crippen LogP contribution is 2.32. The minimum absolute atomic E-state index is 0.0604. The summed E-state index contributed by atoms with van der Waals surface area (Å²) in [6.45, 7) is 3.82. The van der Waals surface area contributed by atoms with Crippen molar-refractivity contribution in [2.75, 3.05) is 0 Å². The topological polar surface area (TPSA) is 76.5 Å². The van der Waals surface area contributed by atoms with Gasteiger partial charge in [0.05, 0.1) is 27.9 Å². The average molecular weight is 453 g/mol. The molecule has 1 aromatic heterocycles. The maximum atomic E-state index is 11.9. The Balaban J connectivity index is 2.14. The van der Waals surface area contributed by atoms with Gasteiger partial charge in [-0.1, -0.05) is 48.5 Å². The molecule has 2 aromatic carbocycles. The zero-order valence-corrected chi connectivity index (χ0v) is 18.6. The summed E-state index contributed by atoms with van der Waals surface area (Å²) in [5.41, 5.74) is 4.19. The summed E-state index contributed by atoms with van der Waals surface area (Å²) in [4.78, 5) is 44.7. The molecule has 0 bridgehead atoms. The number of alkyl halides is 1. The number of benzene rings is 2.